The maximum Gasteiger partial charge on any atom is 0.225 e. The number of aryl methyl sites for hydroxylation is 1. The number of halogens is 3. The number of pyridine rings is 1. The van der Waals surface area contributed by atoms with Gasteiger partial charge in [-0.3, -0.25) is 4.79 Å². The molecule has 0 spiro atoms. The second-order valence-corrected chi connectivity index (χ2v) is 7.26. The molecule has 0 radical (unpaired) electrons. The number of aromatic nitrogens is 2. The lowest BCUT2D eigenvalue weighted by Crippen LogP contribution is -1.99. The Morgan fingerprint density at radius 2 is 1.89 bits per heavy atom. The molecule has 0 fully saturated rings. The number of benzene rings is 2. The first-order chi connectivity index (χ1) is 12.9. The van der Waals surface area contributed by atoms with E-state index in [4.69, 9.17) is 0 Å². The van der Waals surface area contributed by atoms with E-state index in [9.17, 15) is 13.6 Å². The van der Waals surface area contributed by atoms with E-state index in [1.807, 2.05) is 37.3 Å². The predicted molar refractivity (Wildman–Crippen MR) is 110 cm³/mol. The van der Waals surface area contributed by atoms with Crippen molar-refractivity contribution in [2.75, 3.05) is 0 Å². The summed E-state index contributed by atoms with van der Waals surface area (Å²) >= 11 is 1.51. The molecule has 2 aromatic carbocycles. The van der Waals surface area contributed by atoms with Gasteiger partial charge in [-0.25, -0.2) is 13.8 Å². The van der Waals surface area contributed by atoms with Crippen LogP contribution in [0.5, 0.6) is 0 Å². The summed E-state index contributed by atoms with van der Waals surface area (Å²) in [6.45, 7) is 2.00. The average molecular weight is 474 g/mol. The highest BCUT2D eigenvalue weighted by Crippen LogP contribution is 2.35. The molecule has 0 aliphatic carbocycles. The lowest BCUT2D eigenvalue weighted by Gasteiger charge is -2.08. The zero-order valence-corrected chi connectivity index (χ0v) is 16.3. The number of rotatable bonds is 3. The number of H-pyrrole nitrogens is 1. The molecule has 0 bridgehead atoms. The lowest BCUT2D eigenvalue weighted by molar-refractivity contribution is 0.110. The molecule has 2 heterocycles. The maximum atomic E-state index is 14.3. The summed E-state index contributed by atoms with van der Waals surface area (Å²) in [5.41, 5.74) is 4.17. The fraction of sp³-hybridized carbons (Fsp3) is 0.0476. The van der Waals surface area contributed by atoms with Crippen LogP contribution >= 0.6 is 22.6 Å². The molecule has 0 amide bonds. The summed E-state index contributed by atoms with van der Waals surface area (Å²) in [7, 11) is 0. The number of carbonyl (C=O) groups is 1. The second-order valence-electron chi connectivity index (χ2n) is 6.28. The molecule has 0 aliphatic heterocycles. The smallest absolute Gasteiger partial charge is 0.225 e. The topological polar surface area (TPSA) is 45.8 Å². The molecular formula is C21H13F2IN2O. The quantitative estimate of drug-likeness (QED) is 0.290. The van der Waals surface area contributed by atoms with Crippen LogP contribution < -0.4 is 0 Å². The second kappa shape index (κ2) is 6.84. The van der Waals surface area contributed by atoms with Crippen LogP contribution in [0.4, 0.5) is 8.78 Å². The van der Waals surface area contributed by atoms with Crippen molar-refractivity contribution in [3.63, 3.8) is 0 Å². The van der Waals surface area contributed by atoms with E-state index in [2.05, 4.69) is 9.97 Å². The minimum absolute atomic E-state index is 0.140. The SMILES string of the molecule is Cc1cccc(-c2cnc3[nH]cc(-c4cc(F)cc(F)c4C(=O)I)c3c2)c1. The molecule has 0 unspecified atom stereocenters. The van der Waals surface area contributed by atoms with Crippen LogP contribution in [-0.4, -0.2) is 13.8 Å². The molecule has 27 heavy (non-hydrogen) atoms. The predicted octanol–water partition coefficient (Wildman–Crippen LogP) is 6.06. The van der Waals surface area contributed by atoms with Crippen molar-refractivity contribution in [1.82, 2.24) is 9.97 Å². The maximum absolute atomic E-state index is 14.3. The fourth-order valence-electron chi connectivity index (χ4n) is 3.19. The third-order valence-electron chi connectivity index (χ3n) is 4.42. The van der Waals surface area contributed by atoms with Crippen LogP contribution in [-0.2, 0) is 0 Å². The van der Waals surface area contributed by atoms with Gasteiger partial charge >= 0.3 is 0 Å². The monoisotopic (exact) mass is 474 g/mol. The first-order valence-corrected chi connectivity index (χ1v) is 9.25. The molecule has 134 valence electrons. The highest BCUT2D eigenvalue weighted by Gasteiger charge is 2.20. The highest BCUT2D eigenvalue weighted by molar-refractivity contribution is 14.1. The van der Waals surface area contributed by atoms with Crippen molar-refractivity contribution >= 4 is 37.4 Å². The summed E-state index contributed by atoms with van der Waals surface area (Å²) in [5.74, 6) is -1.61. The van der Waals surface area contributed by atoms with Gasteiger partial charge in [0, 0.05) is 63.1 Å². The molecule has 2 aromatic heterocycles. The van der Waals surface area contributed by atoms with E-state index < -0.39 is 15.4 Å². The van der Waals surface area contributed by atoms with Crippen LogP contribution in [0.3, 0.4) is 0 Å². The van der Waals surface area contributed by atoms with Gasteiger partial charge in [0.15, 0.2) is 0 Å². The van der Waals surface area contributed by atoms with E-state index in [-0.39, 0.29) is 11.1 Å². The summed E-state index contributed by atoms with van der Waals surface area (Å²) < 4.78 is 27.6. The van der Waals surface area contributed by atoms with Crippen molar-refractivity contribution in [3.05, 3.63) is 77.6 Å². The molecule has 6 heteroatoms. The van der Waals surface area contributed by atoms with Crippen molar-refractivity contribution < 1.29 is 13.6 Å². The number of hydrogen-bond acceptors (Lipinski definition) is 2. The molecule has 4 rings (SSSR count). The summed E-state index contributed by atoms with van der Waals surface area (Å²) in [6, 6.07) is 11.8. The molecule has 0 saturated heterocycles. The fourth-order valence-corrected chi connectivity index (χ4v) is 3.74. The Morgan fingerprint density at radius 3 is 2.63 bits per heavy atom. The normalized spacial score (nSPS) is 11.1. The third kappa shape index (κ3) is 3.25. The minimum Gasteiger partial charge on any atom is -0.346 e. The van der Waals surface area contributed by atoms with Crippen molar-refractivity contribution in [1.29, 1.82) is 0 Å². The van der Waals surface area contributed by atoms with Crippen molar-refractivity contribution in [2.24, 2.45) is 0 Å². The highest BCUT2D eigenvalue weighted by atomic mass is 127. The van der Waals surface area contributed by atoms with Gasteiger partial charge < -0.3 is 4.98 Å². The molecular weight excluding hydrogens is 461 g/mol. The van der Waals surface area contributed by atoms with Gasteiger partial charge in [-0.2, -0.15) is 0 Å². The van der Waals surface area contributed by atoms with Gasteiger partial charge in [0.1, 0.15) is 17.3 Å². The number of nitrogens with one attached hydrogen (secondary N) is 1. The Labute approximate surface area is 167 Å². The lowest BCUT2D eigenvalue weighted by atomic mass is 9.98. The first-order valence-electron chi connectivity index (χ1n) is 8.17. The standard InChI is InChI=1S/C21H13F2IN2O/c1-11-3-2-4-12(5-11)13-6-16-17(10-26-21(16)25-9-13)15-7-14(22)8-18(23)19(15)20(24)27/h2-10H,1H3,(H,25,26). The first kappa shape index (κ1) is 17.8. The molecule has 3 nitrogen and oxygen atoms in total. The van der Waals surface area contributed by atoms with Crippen LogP contribution in [0.25, 0.3) is 33.3 Å². The summed E-state index contributed by atoms with van der Waals surface area (Å²) in [4.78, 5) is 19.4. The van der Waals surface area contributed by atoms with Gasteiger partial charge in [0.25, 0.3) is 0 Å². The average Bonchev–Trinajstić information content (AvgIpc) is 3.03. The largest absolute Gasteiger partial charge is 0.346 e. The Morgan fingerprint density at radius 1 is 1.07 bits per heavy atom. The zero-order chi connectivity index (χ0) is 19.1. The Kier molecular flexibility index (Phi) is 4.51. The third-order valence-corrected chi connectivity index (χ3v) is 4.96. The van der Waals surface area contributed by atoms with E-state index in [1.165, 1.54) is 28.7 Å². The van der Waals surface area contributed by atoms with E-state index >= 15 is 0 Å². The van der Waals surface area contributed by atoms with Gasteiger partial charge in [0.05, 0.1) is 5.56 Å². The van der Waals surface area contributed by atoms with Gasteiger partial charge in [-0.05, 0) is 24.6 Å². The molecule has 1 N–H and O–H groups in total. The van der Waals surface area contributed by atoms with Crippen LogP contribution in [0.2, 0.25) is 0 Å². The van der Waals surface area contributed by atoms with Crippen LogP contribution in [0.15, 0.2) is 54.9 Å². The molecule has 4 aromatic rings. The van der Waals surface area contributed by atoms with Crippen molar-refractivity contribution in [3.8, 4) is 22.3 Å². The van der Waals surface area contributed by atoms with Gasteiger partial charge in [0.2, 0.25) is 3.79 Å². The number of hydrogen-bond donors (Lipinski definition) is 1. The Hall–Kier alpha value is -2.61. The van der Waals surface area contributed by atoms with Crippen LogP contribution in [0.1, 0.15) is 15.9 Å². The molecule has 0 aliphatic rings. The Bertz CT molecular complexity index is 1200. The van der Waals surface area contributed by atoms with E-state index in [0.29, 0.717) is 16.6 Å². The zero-order valence-electron chi connectivity index (χ0n) is 14.2. The molecule has 0 saturated carbocycles. The molecule has 0 atom stereocenters. The minimum atomic E-state index is -0.874. The summed E-state index contributed by atoms with van der Waals surface area (Å²) in [6.07, 6.45) is 3.36. The van der Waals surface area contributed by atoms with E-state index in [1.54, 1.807) is 12.4 Å². The van der Waals surface area contributed by atoms with Crippen molar-refractivity contribution in [2.45, 2.75) is 6.92 Å². The van der Waals surface area contributed by atoms with Gasteiger partial charge in [-0.1, -0.05) is 29.8 Å². The van der Waals surface area contributed by atoms with E-state index in [0.717, 1.165) is 22.8 Å². The van der Waals surface area contributed by atoms with Crippen LogP contribution in [0, 0.1) is 18.6 Å². The number of nitrogens with zero attached hydrogens (tertiary/aromatic N) is 1. The van der Waals surface area contributed by atoms with Gasteiger partial charge in [-0.15, -0.1) is 0 Å². The number of aromatic amines is 1. The number of fused-ring (bicyclic) bond motifs is 1. The summed E-state index contributed by atoms with van der Waals surface area (Å²) in [5, 5.41) is 0.693. The number of carbonyl (C=O) groups excluding carboxylic acids is 1. The Balaban J connectivity index is 1.97.